The van der Waals surface area contributed by atoms with Gasteiger partial charge in [0.25, 0.3) is 6.71 Å². The molecular formula is C84H60BN3Si2. The summed E-state index contributed by atoms with van der Waals surface area (Å²) >= 11 is 0. The van der Waals surface area contributed by atoms with Gasteiger partial charge in [-0.1, -0.05) is 303 Å². The van der Waals surface area contributed by atoms with Crippen LogP contribution in [0.15, 0.2) is 364 Å². The van der Waals surface area contributed by atoms with Crippen LogP contribution in [0.3, 0.4) is 0 Å². The van der Waals surface area contributed by atoms with Crippen molar-refractivity contribution in [3.8, 4) is 16.8 Å². The Labute approximate surface area is 528 Å². The first kappa shape index (κ1) is 53.2. The molecule has 0 saturated carbocycles. The molecule has 3 nitrogen and oxygen atoms in total. The predicted octanol–water partition coefficient (Wildman–Crippen LogP) is 13.3. The lowest BCUT2D eigenvalue weighted by molar-refractivity contribution is 1.16. The van der Waals surface area contributed by atoms with Gasteiger partial charge in [-0.15, -0.1) is 0 Å². The summed E-state index contributed by atoms with van der Waals surface area (Å²) in [6, 6.07) is 138. The number of hydrogen-bond acceptors (Lipinski definition) is 2. The fraction of sp³-hybridized carbons (Fsp3) is 0. The number of hydrogen-bond donors (Lipinski definition) is 0. The van der Waals surface area contributed by atoms with Gasteiger partial charge in [-0.05, 0) is 130 Å². The third-order valence-corrected chi connectivity index (χ3v) is 28.8. The molecule has 0 N–H and O–H groups in total. The van der Waals surface area contributed by atoms with Crippen LogP contribution >= 0.6 is 0 Å². The molecule has 90 heavy (non-hydrogen) atoms. The van der Waals surface area contributed by atoms with Crippen molar-refractivity contribution in [2.45, 2.75) is 0 Å². The van der Waals surface area contributed by atoms with Crippen molar-refractivity contribution in [1.82, 2.24) is 4.57 Å². The molecule has 0 unspecified atom stereocenters. The second kappa shape index (κ2) is 22.0. The van der Waals surface area contributed by atoms with Crippen LogP contribution in [-0.2, 0) is 0 Å². The molecular weight excluding hydrogens is 1120 g/mol. The smallest absolute Gasteiger partial charge is 0.252 e. The van der Waals surface area contributed by atoms with Crippen LogP contribution in [0.4, 0.5) is 34.1 Å². The zero-order chi connectivity index (χ0) is 59.6. The molecule has 0 spiro atoms. The average molecular weight is 1180 g/mol. The number of anilines is 6. The van der Waals surface area contributed by atoms with Crippen molar-refractivity contribution in [2.75, 3.05) is 9.80 Å². The van der Waals surface area contributed by atoms with Crippen LogP contribution in [0.2, 0.25) is 0 Å². The van der Waals surface area contributed by atoms with E-state index in [2.05, 4.69) is 378 Å². The van der Waals surface area contributed by atoms with Crippen molar-refractivity contribution in [3.05, 3.63) is 364 Å². The fourth-order valence-corrected chi connectivity index (χ4v) is 25.1. The molecule has 3 heterocycles. The fourth-order valence-electron chi connectivity index (χ4n) is 15.5. The largest absolute Gasteiger partial charge is 0.311 e. The summed E-state index contributed by atoms with van der Waals surface area (Å²) in [6.07, 6.45) is 0. The summed E-state index contributed by atoms with van der Waals surface area (Å²) in [5.74, 6) is 0. The van der Waals surface area contributed by atoms with Crippen LogP contribution in [0.25, 0.3) is 38.6 Å². The van der Waals surface area contributed by atoms with Crippen LogP contribution in [0.1, 0.15) is 0 Å². The summed E-state index contributed by atoms with van der Waals surface area (Å²) in [5, 5.41) is 13.1. The molecule has 0 atom stereocenters. The van der Waals surface area contributed by atoms with Gasteiger partial charge < -0.3 is 14.4 Å². The van der Waals surface area contributed by atoms with Crippen molar-refractivity contribution in [2.24, 2.45) is 0 Å². The molecule has 0 saturated heterocycles. The maximum atomic E-state index is 2.64. The zero-order valence-corrected chi connectivity index (χ0v) is 51.6. The number of aromatic nitrogens is 1. The highest BCUT2D eigenvalue weighted by atomic mass is 28.3. The number of nitrogens with zero attached hydrogens (tertiary/aromatic N) is 3. The quantitative estimate of drug-likeness (QED) is 0.0892. The Bertz CT molecular complexity index is 4900. The van der Waals surface area contributed by atoms with E-state index in [9.17, 15) is 0 Å². The molecule has 0 radical (unpaired) electrons. The molecule has 422 valence electrons. The molecule has 2 aliphatic rings. The van der Waals surface area contributed by atoms with Gasteiger partial charge in [0, 0.05) is 44.9 Å². The summed E-state index contributed by atoms with van der Waals surface area (Å²) in [7, 11) is -5.99. The summed E-state index contributed by atoms with van der Waals surface area (Å²) in [4.78, 5) is 5.25. The number of benzene rings is 14. The van der Waals surface area contributed by atoms with Gasteiger partial charge in [0.05, 0.1) is 16.7 Å². The minimum absolute atomic E-state index is 0.116. The van der Waals surface area contributed by atoms with Crippen LogP contribution in [-0.4, -0.2) is 27.4 Å². The van der Waals surface area contributed by atoms with E-state index < -0.39 is 16.1 Å². The first-order chi connectivity index (χ1) is 44.7. The van der Waals surface area contributed by atoms with Gasteiger partial charge in [0.1, 0.15) is 0 Å². The number of rotatable bonds is 12. The van der Waals surface area contributed by atoms with Crippen molar-refractivity contribution >= 4 is 137 Å². The normalized spacial score (nSPS) is 12.6. The Morgan fingerprint density at radius 2 is 0.578 bits per heavy atom. The summed E-state index contributed by atoms with van der Waals surface area (Å²) < 4.78 is 2.52. The van der Waals surface area contributed by atoms with Gasteiger partial charge in [-0.2, -0.15) is 0 Å². The topological polar surface area (TPSA) is 11.4 Å². The minimum atomic E-state index is -3.01. The molecule has 0 bridgehead atoms. The molecule has 17 rings (SSSR count). The van der Waals surface area contributed by atoms with Gasteiger partial charge in [0.15, 0.2) is 16.1 Å². The number of fused-ring (bicyclic) bond motifs is 7. The second-order valence-electron chi connectivity index (χ2n) is 23.9. The molecule has 6 heteroatoms. The molecule has 14 aromatic carbocycles. The lowest BCUT2D eigenvalue weighted by Gasteiger charge is -2.45. The van der Waals surface area contributed by atoms with E-state index >= 15 is 0 Å². The lowest BCUT2D eigenvalue weighted by atomic mass is 9.33. The Kier molecular flexibility index (Phi) is 13.0. The first-order valence-electron chi connectivity index (χ1n) is 31.3. The summed E-state index contributed by atoms with van der Waals surface area (Å²) in [6.45, 7) is -0.116. The Morgan fingerprint density at radius 1 is 0.222 bits per heavy atom. The van der Waals surface area contributed by atoms with Crippen LogP contribution < -0.4 is 67.7 Å². The van der Waals surface area contributed by atoms with E-state index in [1.807, 2.05) is 0 Å². The summed E-state index contributed by atoms with van der Waals surface area (Å²) in [5.41, 5.74) is 16.4. The zero-order valence-electron chi connectivity index (χ0n) is 49.6. The lowest BCUT2D eigenvalue weighted by Crippen LogP contribution is -2.74. The van der Waals surface area contributed by atoms with E-state index in [1.54, 1.807) is 0 Å². The standard InChI is InChI=1S/C84H60BN3Si2/c1-8-30-61(31-9-1)62-54-55-77-81(56-62)87(64-33-29-47-73(58-64)90(69-40-16-5-17-41-69,70-42-18-6-19-43-70)71-44-20-7-21-45-71)83-60-65(88-78-51-25-22-48-74(78)75-49-23-26-52-79(75)88)59-82-84(83)85(77)76-50-24-27-53-80(76)86(82)63-32-28-46-72(57-63)89(66-34-10-2-11-35-66,67-36-12-3-13-37-67)68-38-14-4-15-39-68/h1-60H. The molecule has 0 aliphatic carbocycles. The Morgan fingerprint density at radius 3 is 1.02 bits per heavy atom. The van der Waals surface area contributed by atoms with Crippen molar-refractivity contribution in [1.29, 1.82) is 0 Å². The molecule has 0 fully saturated rings. The minimum Gasteiger partial charge on any atom is -0.311 e. The third kappa shape index (κ3) is 8.33. The second-order valence-corrected chi connectivity index (χ2v) is 31.5. The molecule has 1 aromatic heterocycles. The van der Waals surface area contributed by atoms with E-state index in [4.69, 9.17) is 0 Å². The Balaban J connectivity index is 0.988. The van der Waals surface area contributed by atoms with Crippen molar-refractivity contribution < 1.29 is 0 Å². The highest BCUT2D eigenvalue weighted by molar-refractivity contribution is 7.20. The van der Waals surface area contributed by atoms with Crippen LogP contribution in [0.5, 0.6) is 0 Å². The van der Waals surface area contributed by atoms with E-state index in [0.29, 0.717) is 0 Å². The third-order valence-electron chi connectivity index (χ3n) is 19.2. The molecule has 15 aromatic rings. The van der Waals surface area contributed by atoms with Crippen LogP contribution in [0, 0.1) is 0 Å². The SMILES string of the molecule is c1ccc(-c2ccc3c(c2)N(c2cccc([Si](c4ccccc4)(c4ccccc4)c4ccccc4)c2)c2cc(-n4c5ccccc5c5ccccc54)cc4c2B3c2ccccc2N4c2cccc([Si](c3ccccc3)(c3ccccc3)c3ccccc3)c2)cc1. The van der Waals surface area contributed by atoms with Crippen molar-refractivity contribution in [3.63, 3.8) is 0 Å². The molecule has 2 aliphatic heterocycles. The van der Waals surface area contributed by atoms with Gasteiger partial charge in [-0.3, -0.25) is 0 Å². The average Bonchev–Trinajstić information content (AvgIpc) is 0.837. The van der Waals surface area contributed by atoms with E-state index in [0.717, 1.165) is 45.2 Å². The number of para-hydroxylation sites is 3. The highest BCUT2D eigenvalue weighted by Gasteiger charge is 2.47. The van der Waals surface area contributed by atoms with Gasteiger partial charge in [-0.25, -0.2) is 0 Å². The molecule has 0 amide bonds. The maximum Gasteiger partial charge on any atom is 0.252 e. The van der Waals surface area contributed by atoms with Gasteiger partial charge >= 0.3 is 0 Å². The monoisotopic (exact) mass is 1180 g/mol. The first-order valence-corrected chi connectivity index (χ1v) is 35.3. The maximum absolute atomic E-state index is 3.01. The Hall–Kier alpha value is -11.0. The predicted molar refractivity (Wildman–Crippen MR) is 387 cm³/mol. The highest BCUT2D eigenvalue weighted by Crippen LogP contribution is 2.47. The van der Waals surface area contributed by atoms with Gasteiger partial charge in [0.2, 0.25) is 0 Å². The van der Waals surface area contributed by atoms with E-state index in [-0.39, 0.29) is 6.71 Å². The van der Waals surface area contributed by atoms with E-state index in [1.165, 1.54) is 85.5 Å².